The van der Waals surface area contributed by atoms with Gasteiger partial charge >= 0.3 is 0 Å². The lowest BCUT2D eigenvalue weighted by molar-refractivity contribution is 0.189. The summed E-state index contributed by atoms with van der Waals surface area (Å²) in [5.41, 5.74) is 7.91. The fourth-order valence-electron chi connectivity index (χ4n) is 2.31. The standard InChI is InChI=1S/C13H20FN3O/c1-10-8-13(12(15)9-11(10)14)17-4-2-16(3-5-17)6-7-18/h8-9,18H,2-7,15H2,1H3. The Morgan fingerprint density at radius 2 is 1.94 bits per heavy atom. The minimum Gasteiger partial charge on any atom is -0.397 e. The van der Waals surface area contributed by atoms with Crippen LogP contribution in [-0.2, 0) is 0 Å². The summed E-state index contributed by atoms with van der Waals surface area (Å²) in [5.74, 6) is -0.254. The summed E-state index contributed by atoms with van der Waals surface area (Å²) in [6, 6.07) is 3.21. The smallest absolute Gasteiger partial charge is 0.128 e. The predicted molar refractivity (Wildman–Crippen MR) is 71.3 cm³/mol. The molecule has 0 radical (unpaired) electrons. The largest absolute Gasteiger partial charge is 0.397 e. The molecule has 0 atom stereocenters. The number of anilines is 2. The van der Waals surface area contributed by atoms with Gasteiger partial charge in [-0.15, -0.1) is 0 Å². The summed E-state index contributed by atoms with van der Waals surface area (Å²) in [4.78, 5) is 4.39. The first-order valence-electron chi connectivity index (χ1n) is 6.25. The maximum Gasteiger partial charge on any atom is 0.128 e. The molecule has 3 N–H and O–H groups in total. The van der Waals surface area contributed by atoms with Gasteiger partial charge in [0.05, 0.1) is 18.0 Å². The lowest BCUT2D eigenvalue weighted by Crippen LogP contribution is -2.47. The van der Waals surface area contributed by atoms with Crippen molar-refractivity contribution in [1.82, 2.24) is 4.90 Å². The number of aryl methyl sites for hydroxylation is 1. The fraction of sp³-hybridized carbons (Fsp3) is 0.538. The summed E-state index contributed by atoms with van der Waals surface area (Å²) in [7, 11) is 0. The number of hydrogen-bond acceptors (Lipinski definition) is 4. The van der Waals surface area contributed by atoms with Crippen LogP contribution in [0.4, 0.5) is 15.8 Å². The van der Waals surface area contributed by atoms with Gasteiger partial charge in [-0.1, -0.05) is 0 Å². The van der Waals surface area contributed by atoms with E-state index >= 15 is 0 Å². The predicted octanol–water partition coefficient (Wildman–Crippen LogP) is 0.831. The molecule has 1 fully saturated rings. The van der Waals surface area contributed by atoms with Crippen LogP contribution in [0.15, 0.2) is 12.1 Å². The van der Waals surface area contributed by atoms with E-state index in [0.29, 0.717) is 17.8 Å². The highest BCUT2D eigenvalue weighted by molar-refractivity contribution is 5.69. The maximum absolute atomic E-state index is 13.4. The quantitative estimate of drug-likeness (QED) is 0.784. The Morgan fingerprint density at radius 1 is 1.28 bits per heavy atom. The lowest BCUT2D eigenvalue weighted by atomic mass is 10.1. The number of benzene rings is 1. The Labute approximate surface area is 107 Å². The van der Waals surface area contributed by atoms with Crippen molar-refractivity contribution in [3.63, 3.8) is 0 Å². The Hall–Kier alpha value is -1.33. The van der Waals surface area contributed by atoms with Gasteiger partial charge in [-0.05, 0) is 24.6 Å². The number of halogens is 1. The van der Waals surface area contributed by atoms with Gasteiger partial charge in [0.25, 0.3) is 0 Å². The van der Waals surface area contributed by atoms with Crippen LogP contribution in [0.3, 0.4) is 0 Å². The molecule has 18 heavy (non-hydrogen) atoms. The Bertz CT molecular complexity index is 417. The van der Waals surface area contributed by atoms with E-state index in [1.54, 1.807) is 6.92 Å². The van der Waals surface area contributed by atoms with Crippen molar-refractivity contribution >= 4 is 11.4 Å². The van der Waals surface area contributed by atoms with E-state index in [2.05, 4.69) is 9.80 Å². The molecule has 1 saturated heterocycles. The van der Waals surface area contributed by atoms with Crippen molar-refractivity contribution in [1.29, 1.82) is 0 Å². The minimum atomic E-state index is -0.254. The average molecular weight is 253 g/mol. The number of β-amino-alcohol motifs (C(OH)–C–C–N with tert-alkyl or cyclic N) is 1. The average Bonchev–Trinajstić information content (AvgIpc) is 2.35. The van der Waals surface area contributed by atoms with E-state index in [0.717, 1.165) is 31.9 Å². The summed E-state index contributed by atoms with van der Waals surface area (Å²) in [5, 5.41) is 8.90. The van der Waals surface area contributed by atoms with Crippen molar-refractivity contribution < 1.29 is 9.50 Å². The van der Waals surface area contributed by atoms with Gasteiger partial charge in [0, 0.05) is 32.7 Å². The molecule has 1 aromatic rings. The number of hydrogen-bond donors (Lipinski definition) is 2. The molecular formula is C13H20FN3O. The topological polar surface area (TPSA) is 52.7 Å². The Kier molecular flexibility index (Phi) is 4.04. The van der Waals surface area contributed by atoms with Crippen LogP contribution >= 0.6 is 0 Å². The second-order valence-electron chi connectivity index (χ2n) is 4.71. The number of aliphatic hydroxyl groups is 1. The molecule has 100 valence electrons. The summed E-state index contributed by atoms with van der Waals surface area (Å²) in [6.45, 7) is 6.17. The zero-order valence-corrected chi connectivity index (χ0v) is 10.7. The zero-order chi connectivity index (χ0) is 13.1. The van der Waals surface area contributed by atoms with Gasteiger partial charge < -0.3 is 15.7 Å². The van der Waals surface area contributed by atoms with Crippen LogP contribution in [0.25, 0.3) is 0 Å². The number of rotatable bonds is 3. The molecule has 1 aromatic carbocycles. The molecule has 0 bridgehead atoms. The third-order valence-electron chi connectivity index (χ3n) is 3.44. The summed E-state index contributed by atoms with van der Waals surface area (Å²) in [6.07, 6.45) is 0. The third-order valence-corrected chi connectivity index (χ3v) is 3.44. The molecule has 4 nitrogen and oxygen atoms in total. The molecule has 0 amide bonds. The van der Waals surface area contributed by atoms with Crippen LogP contribution < -0.4 is 10.6 Å². The van der Waals surface area contributed by atoms with E-state index in [4.69, 9.17) is 10.8 Å². The molecule has 1 aliphatic heterocycles. The highest BCUT2D eigenvalue weighted by Gasteiger charge is 2.19. The van der Waals surface area contributed by atoms with Gasteiger partial charge in [0.2, 0.25) is 0 Å². The van der Waals surface area contributed by atoms with Crippen molar-refractivity contribution in [3.8, 4) is 0 Å². The van der Waals surface area contributed by atoms with Gasteiger partial charge in [0.1, 0.15) is 5.82 Å². The molecule has 2 rings (SSSR count). The van der Waals surface area contributed by atoms with Gasteiger partial charge in [-0.3, -0.25) is 4.90 Å². The molecule has 1 aliphatic rings. The van der Waals surface area contributed by atoms with Gasteiger partial charge in [-0.2, -0.15) is 0 Å². The number of nitrogens with two attached hydrogens (primary N) is 1. The van der Waals surface area contributed by atoms with Gasteiger partial charge in [-0.25, -0.2) is 4.39 Å². The first-order valence-corrected chi connectivity index (χ1v) is 6.25. The number of nitrogen functional groups attached to an aromatic ring is 1. The number of nitrogens with zero attached hydrogens (tertiary/aromatic N) is 2. The summed E-state index contributed by atoms with van der Waals surface area (Å²) >= 11 is 0. The first kappa shape index (κ1) is 13.1. The molecule has 0 aliphatic carbocycles. The van der Waals surface area contributed by atoms with Crippen LogP contribution in [0, 0.1) is 12.7 Å². The zero-order valence-electron chi connectivity index (χ0n) is 10.7. The summed E-state index contributed by atoms with van der Waals surface area (Å²) < 4.78 is 13.4. The monoisotopic (exact) mass is 253 g/mol. The Morgan fingerprint density at radius 3 is 2.56 bits per heavy atom. The van der Waals surface area contributed by atoms with Crippen molar-refractivity contribution in [3.05, 3.63) is 23.5 Å². The third kappa shape index (κ3) is 2.73. The van der Waals surface area contributed by atoms with E-state index in [1.165, 1.54) is 6.07 Å². The van der Waals surface area contributed by atoms with Crippen molar-refractivity contribution in [2.75, 3.05) is 50.0 Å². The minimum absolute atomic E-state index is 0.192. The molecule has 0 unspecified atom stereocenters. The SMILES string of the molecule is Cc1cc(N2CCN(CCO)CC2)c(N)cc1F. The highest BCUT2D eigenvalue weighted by Crippen LogP contribution is 2.27. The van der Waals surface area contributed by atoms with Gasteiger partial charge in [0.15, 0.2) is 0 Å². The second-order valence-corrected chi connectivity index (χ2v) is 4.71. The maximum atomic E-state index is 13.4. The van der Waals surface area contributed by atoms with Crippen LogP contribution in [0.5, 0.6) is 0 Å². The Balaban J connectivity index is 2.07. The van der Waals surface area contributed by atoms with E-state index in [-0.39, 0.29) is 12.4 Å². The van der Waals surface area contributed by atoms with Crippen LogP contribution in [0.1, 0.15) is 5.56 Å². The van der Waals surface area contributed by atoms with E-state index < -0.39 is 0 Å². The second kappa shape index (κ2) is 5.54. The van der Waals surface area contributed by atoms with Crippen molar-refractivity contribution in [2.24, 2.45) is 0 Å². The highest BCUT2D eigenvalue weighted by atomic mass is 19.1. The molecule has 5 heteroatoms. The molecular weight excluding hydrogens is 233 g/mol. The molecule has 0 aromatic heterocycles. The normalized spacial score (nSPS) is 17.2. The lowest BCUT2D eigenvalue weighted by Gasteiger charge is -2.36. The fourth-order valence-corrected chi connectivity index (χ4v) is 2.31. The number of aliphatic hydroxyl groups excluding tert-OH is 1. The van der Waals surface area contributed by atoms with Crippen molar-refractivity contribution in [2.45, 2.75) is 6.92 Å². The number of piperazine rings is 1. The van der Waals surface area contributed by atoms with E-state index in [9.17, 15) is 4.39 Å². The van der Waals surface area contributed by atoms with E-state index in [1.807, 2.05) is 6.07 Å². The molecule has 1 heterocycles. The molecule has 0 spiro atoms. The first-order chi connectivity index (χ1) is 8.61. The molecule has 0 saturated carbocycles. The van der Waals surface area contributed by atoms with Crippen LogP contribution in [-0.4, -0.2) is 49.3 Å². The van der Waals surface area contributed by atoms with Crippen LogP contribution in [0.2, 0.25) is 0 Å².